The summed E-state index contributed by atoms with van der Waals surface area (Å²) >= 11 is 0. The summed E-state index contributed by atoms with van der Waals surface area (Å²) in [5, 5.41) is 3.61. The molecular formula is C16H25FN2. The van der Waals surface area contributed by atoms with Gasteiger partial charge in [0.05, 0.1) is 0 Å². The number of benzene rings is 1. The van der Waals surface area contributed by atoms with E-state index in [4.69, 9.17) is 0 Å². The minimum absolute atomic E-state index is 0.254. The number of hydrogen-bond donors (Lipinski definition) is 1. The topological polar surface area (TPSA) is 15.3 Å². The predicted molar refractivity (Wildman–Crippen MR) is 78.1 cm³/mol. The lowest BCUT2D eigenvalue weighted by molar-refractivity contribution is 0.105. The fourth-order valence-corrected chi connectivity index (χ4v) is 2.80. The first-order valence-corrected chi connectivity index (χ1v) is 7.28. The Hall–Kier alpha value is -0.930. The molecule has 0 aromatic heterocycles. The first kappa shape index (κ1) is 14.5. The van der Waals surface area contributed by atoms with Gasteiger partial charge in [0.2, 0.25) is 0 Å². The number of rotatable bonds is 5. The Bertz CT molecular complexity index is 366. The van der Waals surface area contributed by atoms with Crippen molar-refractivity contribution in [3.05, 3.63) is 35.9 Å². The lowest BCUT2D eigenvalue weighted by Crippen LogP contribution is -2.59. The molecule has 1 aliphatic heterocycles. The molecular weight excluding hydrogens is 239 g/mol. The smallest absolute Gasteiger partial charge is 0.102 e. The summed E-state index contributed by atoms with van der Waals surface area (Å²) in [6, 6.07) is 11.4. The Kier molecular flexibility index (Phi) is 5.34. The number of nitrogens with one attached hydrogen (secondary N) is 1. The van der Waals surface area contributed by atoms with Gasteiger partial charge in [0, 0.05) is 31.7 Å². The Morgan fingerprint density at radius 2 is 2.05 bits per heavy atom. The van der Waals surface area contributed by atoms with Crippen LogP contribution in [0.15, 0.2) is 30.3 Å². The largest absolute Gasteiger partial charge is 0.311 e. The second-order valence-electron chi connectivity index (χ2n) is 5.79. The maximum absolute atomic E-state index is 12.8. The van der Waals surface area contributed by atoms with Crippen LogP contribution in [-0.4, -0.2) is 43.3 Å². The minimum atomic E-state index is -0.254. The molecule has 0 bridgehead atoms. The Morgan fingerprint density at radius 1 is 1.32 bits per heavy atom. The van der Waals surface area contributed by atoms with Gasteiger partial charge in [0.1, 0.15) is 6.67 Å². The quantitative estimate of drug-likeness (QED) is 0.879. The number of piperazine rings is 1. The summed E-state index contributed by atoms with van der Waals surface area (Å²) in [5.41, 5.74) is 1.33. The van der Waals surface area contributed by atoms with Gasteiger partial charge in [0.15, 0.2) is 0 Å². The SMILES string of the molecule is CC(C)C1CN(CCF)C(Cc2ccccc2)CN1. The van der Waals surface area contributed by atoms with Gasteiger partial charge in [-0.3, -0.25) is 4.90 Å². The lowest BCUT2D eigenvalue weighted by atomic mass is 9.96. The molecule has 2 rings (SSSR count). The van der Waals surface area contributed by atoms with Crippen molar-refractivity contribution >= 4 is 0 Å². The first-order chi connectivity index (χ1) is 9.20. The summed E-state index contributed by atoms with van der Waals surface area (Å²) in [4.78, 5) is 2.31. The lowest BCUT2D eigenvalue weighted by Gasteiger charge is -2.41. The normalized spacial score (nSPS) is 24.8. The van der Waals surface area contributed by atoms with E-state index in [1.807, 2.05) is 6.07 Å². The molecule has 1 aromatic carbocycles. The monoisotopic (exact) mass is 264 g/mol. The standard InChI is InChI=1S/C16H25FN2/c1-13(2)16-12-19(9-8-17)15(11-18-16)10-14-6-4-3-5-7-14/h3-7,13,15-16,18H,8-12H2,1-2H3. The van der Waals surface area contributed by atoms with Gasteiger partial charge in [-0.15, -0.1) is 0 Å². The highest BCUT2D eigenvalue weighted by atomic mass is 19.1. The van der Waals surface area contributed by atoms with Crippen molar-refractivity contribution in [1.82, 2.24) is 10.2 Å². The van der Waals surface area contributed by atoms with Crippen LogP contribution in [0.4, 0.5) is 4.39 Å². The van der Waals surface area contributed by atoms with E-state index in [-0.39, 0.29) is 6.67 Å². The molecule has 1 aromatic rings. The first-order valence-electron chi connectivity index (χ1n) is 7.28. The molecule has 0 saturated carbocycles. The molecule has 2 unspecified atom stereocenters. The Balaban J connectivity index is 1.99. The maximum atomic E-state index is 12.8. The highest BCUT2D eigenvalue weighted by Gasteiger charge is 2.28. The van der Waals surface area contributed by atoms with E-state index < -0.39 is 0 Å². The van der Waals surface area contributed by atoms with Crippen LogP contribution in [0.2, 0.25) is 0 Å². The molecule has 2 atom stereocenters. The average molecular weight is 264 g/mol. The van der Waals surface area contributed by atoms with Crippen LogP contribution < -0.4 is 5.32 Å². The predicted octanol–water partition coefficient (Wildman–Crippen LogP) is 2.50. The van der Waals surface area contributed by atoms with Gasteiger partial charge in [-0.1, -0.05) is 44.2 Å². The summed E-state index contributed by atoms with van der Waals surface area (Å²) in [5.74, 6) is 0.597. The molecule has 106 valence electrons. The van der Waals surface area contributed by atoms with Crippen LogP contribution in [0, 0.1) is 5.92 Å². The molecule has 1 saturated heterocycles. The second-order valence-corrected chi connectivity index (χ2v) is 5.79. The van der Waals surface area contributed by atoms with Crippen molar-refractivity contribution in [2.24, 2.45) is 5.92 Å². The maximum Gasteiger partial charge on any atom is 0.102 e. The number of hydrogen-bond acceptors (Lipinski definition) is 2. The zero-order chi connectivity index (χ0) is 13.7. The number of halogens is 1. The number of alkyl halides is 1. The molecule has 1 heterocycles. The van der Waals surface area contributed by atoms with Crippen molar-refractivity contribution < 1.29 is 4.39 Å². The highest BCUT2D eigenvalue weighted by molar-refractivity contribution is 5.16. The minimum Gasteiger partial charge on any atom is -0.311 e. The molecule has 0 aliphatic carbocycles. The van der Waals surface area contributed by atoms with Gasteiger partial charge in [-0.25, -0.2) is 4.39 Å². The second kappa shape index (κ2) is 7.01. The van der Waals surface area contributed by atoms with E-state index in [2.05, 4.69) is 48.3 Å². The third-order valence-electron chi connectivity index (χ3n) is 4.05. The van der Waals surface area contributed by atoms with E-state index >= 15 is 0 Å². The van der Waals surface area contributed by atoms with Crippen LogP contribution in [0.5, 0.6) is 0 Å². The van der Waals surface area contributed by atoms with Crippen molar-refractivity contribution in [3.8, 4) is 0 Å². The van der Waals surface area contributed by atoms with Gasteiger partial charge in [-0.2, -0.15) is 0 Å². The summed E-state index contributed by atoms with van der Waals surface area (Å²) in [7, 11) is 0. The number of nitrogens with zero attached hydrogens (tertiary/aromatic N) is 1. The van der Waals surface area contributed by atoms with Crippen LogP contribution in [0.25, 0.3) is 0 Å². The van der Waals surface area contributed by atoms with Crippen molar-refractivity contribution in [1.29, 1.82) is 0 Å². The average Bonchev–Trinajstić information content (AvgIpc) is 2.42. The highest BCUT2D eigenvalue weighted by Crippen LogP contribution is 2.16. The van der Waals surface area contributed by atoms with E-state index in [1.165, 1.54) is 5.56 Å². The van der Waals surface area contributed by atoms with Crippen LogP contribution in [0.1, 0.15) is 19.4 Å². The molecule has 0 radical (unpaired) electrons. The fourth-order valence-electron chi connectivity index (χ4n) is 2.80. The Labute approximate surface area is 116 Å². The molecule has 1 aliphatic rings. The molecule has 0 amide bonds. The zero-order valence-corrected chi connectivity index (χ0v) is 12.0. The van der Waals surface area contributed by atoms with Gasteiger partial charge in [0.25, 0.3) is 0 Å². The summed E-state index contributed by atoms with van der Waals surface area (Å²) < 4.78 is 12.8. The molecule has 2 nitrogen and oxygen atoms in total. The van der Waals surface area contributed by atoms with Crippen LogP contribution in [-0.2, 0) is 6.42 Å². The zero-order valence-electron chi connectivity index (χ0n) is 12.0. The van der Waals surface area contributed by atoms with Crippen molar-refractivity contribution in [2.45, 2.75) is 32.4 Å². The Morgan fingerprint density at radius 3 is 2.68 bits per heavy atom. The van der Waals surface area contributed by atoms with Crippen molar-refractivity contribution in [3.63, 3.8) is 0 Å². The third kappa shape index (κ3) is 4.02. The molecule has 0 spiro atoms. The fraction of sp³-hybridized carbons (Fsp3) is 0.625. The van der Waals surface area contributed by atoms with Gasteiger partial charge in [-0.05, 0) is 17.9 Å². The molecule has 19 heavy (non-hydrogen) atoms. The van der Waals surface area contributed by atoms with Crippen molar-refractivity contribution in [2.75, 3.05) is 26.3 Å². The molecule has 1 fully saturated rings. The van der Waals surface area contributed by atoms with Crippen LogP contribution >= 0.6 is 0 Å². The van der Waals surface area contributed by atoms with E-state index in [9.17, 15) is 4.39 Å². The van der Waals surface area contributed by atoms with E-state index in [1.54, 1.807) is 0 Å². The molecule has 1 N–H and O–H groups in total. The summed E-state index contributed by atoms with van der Waals surface area (Å²) in [6.07, 6.45) is 0.999. The van der Waals surface area contributed by atoms with Gasteiger partial charge < -0.3 is 5.32 Å². The van der Waals surface area contributed by atoms with E-state index in [0.29, 0.717) is 24.5 Å². The van der Waals surface area contributed by atoms with E-state index in [0.717, 1.165) is 19.5 Å². The van der Waals surface area contributed by atoms with Gasteiger partial charge >= 0.3 is 0 Å². The van der Waals surface area contributed by atoms with Crippen LogP contribution in [0.3, 0.4) is 0 Å². The summed E-state index contributed by atoms with van der Waals surface area (Å²) in [6.45, 7) is 6.67. The molecule has 3 heteroatoms. The third-order valence-corrected chi connectivity index (χ3v) is 4.05.